The molecule has 16 heteroatoms. The van der Waals surface area contributed by atoms with Gasteiger partial charge in [-0.1, -0.05) is 61.4 Å². The molecule has 0 saturated carbocycles. The number of piperidine rings is 2. The summed E-state index contributed by atoms with van der Waals surface area (Å²) in [6, 6.07) is 23.4. The second kappa shape index (κ2) is 24.1. The van der Waals surface area contributed by atoms with Crippen LogP contribution in [0.15, 0.2) is 104 Å². The number of nitrogens with zero attached hydrogens (tertiary/aromatic N) is 4. The number of carboxylic acids is 1. The third-order valence-corrected chi connectivity index (χ3v) is 14.2. The van der Waals surface area contributed by atoms with E-state index >= 15 is 0 Å². The van der Waals surface area contributed by atoms with Gasteiger partial charge in [0, 0.05) is 38.8 Å². The highest BCUT2D eigenvalue weighted by atomic mass is 35.5. The summed E-state index contributed by atoms with van der Waals surface area (Å²) in [6.45, 7) is 20.6. The SMILES string of the molecule is CC1CC(C)(C)NC(C)(CCCCl)C1.CC1CC(C)(C)NC(C)(CCCNCCCc2ccc3cc(SOOO)c(N=Nc4ccc(N=Nc5ccc(O)c(C(=O)O)c5O)c5ccccc45)cc3c2)C1. The largest absolute Gasteiger partial charge is 0.507 e. The highest BCUT2D eigenvalue weighted by molar-refractivity contribution is 7.94. The van der Waals surface area contributed by atoms with Crippen molar-refractivity contribution >= 4 is 73.9 Å². The van der Waals surface area contributed by atoms with E-state index in [1.54, 1.807) is 12.1 Å². The van der Waals surface area contributed by atoms with E-state index in [4.69, 9.17) is 21.2 Å². The highest BCUT2D eigenvalue weighted by Crippen LogP contribution is 2.42. The van der Waals surface area contributed by atoms with E-state index in [1.165, 1.54) is 43.7 Å². The van der Waals surface area contributed by atoms with Crippen molar-refractivity contribution in [3.63, 3.8) is 0 Å². The fourth-order valence-corrected chi connectivity index (χ4v) is 12.0. The summed E-state index contributed by atoms with van der Waals surface area (Å²) in [4.78, 5) is 12.1. The molecule has 2 fully saturated rings. The number of rotatable bonds is 19. The van der Waals surface area contributed by atoms with E-state index in [9.17, 15) is 20.1 Å². The summed E-state index contributed by atoms with van der Waals surface area (Å²) in [5, 5.41) is 74.5. The average molecular weight is 999 g/mol. The van der Waals surface area contributed by atoms with Gasteiger partial charge in [0.1, 0.15) is 22.7 Å². The molecule has 2 saturated heterocycles. The number of phenols is 2. The molecule has 2 aliphatic heterocycles. The number of aryl methyl sites for hydroxylation is 1. The lowest BCUT2D eigenvalue weighted by Gasteiger charge is -2.47. The van der Waals surface area contributed by atoms with Gasteiger partial charge in [-0.2, -0.15) is 0 Å². The molecule has 4 unspecified atom stereocenters. The molecule has 0 amide bonds. The lowest BCUT2D eigenvalue weighted by molar-refractivity contribution is -0.432. The first-order chi connectivity index (χ1) is 33.2. The number of carbonyl (C=O) groups is 1. The molecule has 0 aromatic heterocycles. The van der Waals surface area contributed by atoms with Crippen molar-refractivity contribution in [2.45, 2.75) is 147 Å². The summed E-state index contributed by atoms with van der Waals surface area (Å²) in [7, 11) is 0. The Morgan fingerprint density at radius 2 is 1.27 bits per heavy atom. The van der Waals surface area contributed by atoms with Gasteiger partial charge in [-0.15, -0.1) is 36.4 Å². The Morgan fingerprint density at radius 3 is 1.84 bits per heavy atom. The summed E-state index contributed by atoms with van der Waals surface area (Å²) < 4.78 is 4.79. The van der Waals surface area contributed by atoms with Crippen LogP contribution >= 0.6 is 23.6 Å². The van der Waals surface area contributed by atoms with Crippen LogP contribution in [0.5, 0.6) is 11.5 Å². The molecule has 4 atom stereocenters. The minimum absolute atomic E-state index is 0.116. The van der Waals surface area contributed by atoms with Gasteiger partial charge in [0.2, 0.25) is 0 Å². The predicted octanol–water partition coefficient (Wildman–Crippen LogP) is 14.8. The van der Waals surface area contributed by atoms with Crippen molar-refractivity contribution in [1.82, 2.24) is 16.0 Å². The molecule has 0 bridgehead atoms. The van der Waals surface area contributed by atoms with Crippen LogP contribution in [0.2, 0.25) is 0 Å². The number of carboxylic acid groups (broad SMARTS) is 1. The number of halogens is 1. The third kappa shape index (κ3) is 15.2. The molecule has 378 valence electrons. The van der Waals surface area contributed by atoms with E-state index in [0.29, 0.717) is 43.8 Å². The maximum Gasteiger partial charge on any atom is 0.343 e. The maximum absolute atomic E-state index is 11.5. The molecule has 0 aliphatic carbocycles. The number of aromatic carboxylic acids is 1. The molecule has 0 spiro atoms. The number of azo groups is 2. The molecule has 70 heavy (non-hydrogen) atoms. The van der Waals surface area contributed by atoms with Crippen LogP contribution < -0.4 is 16.0 Å². The first-order valence-electron chi connectivity index (χ1n) is 24.4. The van der Waals surface area contributed by atoms with Crippen molar-refractivity contribution in [1.29, 1.82) is 0 Å². The predicted molar refractivity (Wildman–Crippen MR) is 282 cm³/mol. The molecule has 7 N–H and O–H groups in total. The molecule has 0 radical (unpaired) electrons. The zero-order valence-corrected chi connectivity index (χ0v) is 43.5. The lowest BCUT2D eigenvalue weighted by atomic mass is 9.74. The van der Waals surface area contributed by atoms with E-state index < -0.39 is 23.0 Å². The monoisotopic (exact) mass is 997 g/mol. The number of nitrogens with one attached hydrogen (secondary N) is 3. The van der Waals surface area contributed by atoms with Gasteiger partial charge in [-0.05, 0) is 183 Å². The Kier molecular flexibility index (Phi) is 18.8. The Balaban J connectivity index is 0.000000494. The molecule has 2 aliphatic rings. The van der Waals surface area contributed by atoms with Crippen LogP contribution in [-0.2, 0) is 15.8 Å². The van der Waals surface area contributed by atoms with Crippen molar-refractivity contribution in [2.24, 2.45) is 32.3 Å². The molecule has 2 heterocycles. The second-order valence-electron chi connectivity index (χ2n) is 21.3. The Labute approximate surface area is 422 Å². The summed E-state index contributed by atoms with van der Waals surface area (Å²) in [5.41, 5.74) is 2.88. The van der Waals surface area contributed by atoms with Gasteiger partial charge in [0.05, 0.1) is 28.3 Å². The quantitative estimate of drug-likeness (QED) is 0.0104. The Hall–Kier alpha value is -4.71. The number of aromatic hydroxyl groups is 2. The number of hydrogen-bond donors (Lipinski definition) is 7. The van der Waals surface area contributed by atoms with Gasteiger partial charge in [-0.25, -0.2) is 10.1 Å². The molecule has 5 aromatic rings. The van der Waals surface area contributed by atoms with E-state index in [0.717, 1.165) is 91.8 Å². The number of fused-ring (bicyclic) bond motifs is 2. The zero-order valence-electron chi connectivity index (χ0n) is 41.9. The fourth-order valence-electron chi connectivity index (χ4n) is 11.4. The molecular weight excluding hydrogens is 926 g/mol. The normalized spacial score (nSPS) is 22.1. The van der Waals surface area contributed by atoms with Crippen LogP contribution in [0.25, 0.3) is 21.5 Å². The molecular formula is C54H72ClN7O7S. The van der Waals surface area contributed by atoms with Gasteiger partial charge in [-0.3, -0.25) is 0 Å². The van der Waals surface area contributed by atoms with Crippen molar-refractivity contribution < 1.29 is 34.7 Å². The van der Waals surface area contributed by atoms with Crippen LogP contribution in [-0.4, -0.2) is 67.7 Å². The van der Waals surface area contributed by atoms with Crippen molar-refractivity contribution in [3.8, 4) is 11.5 Å². The number of benzene rings is 5. The Morgan fingerprint density at radius 1 is 0.714 bits per heavy atom. The average Bonchev–Trinajstić information content (AvgIpc) is 3.27. The second-order valence-corrected chi connectivity index (χ2v) is 22.4. The lowest BCUT2D eigenvalue weighted by Crippen LogP contribution is -2.59. The van der Waals surface area contributed by atoms with Crippen molar-refractivity contribution in [3.05, 3.63) is 90.0 Å². The standard InChI is InChI=1S/C42H48N6O7S.C12H24ClN/c1-26-24-41(2,3)48-42(4,25-26)18-8-20-43-19-7-9-27-12-13-28-23-37(56-55-54-53)35(22-29(28)21-27)47-45-33-15-14-32(30-10-5-6-11-31(30)33)44-46-34-16-17-36(49)38(39(34)50)40(51)52;1-10-8-11(2,3)14-12(4,9-10)6-5-7-13/h5-6,10-17,21-23,26,43,48-50,53H,7-9,18-20,24-25H2,1-4H3,(H,51,52);10,14H,5-9H2,1-4H3. The first kappa shape index (κ1) is 54.6. The van der Waals surface area contributed by atoms with E-state index in [2.05, 4.69) is 115 Å². The highest BCUT2D eigenvalue weighted by Gasteiger charge is 2.39. The van der Waals surface area contributed by atoms with Gasteiger partial charge >= 0.3 is 5.97 Å². The van der Waals surface area contributed by atoms with Crippen molar-refractivity contribution in [2.75, 3.05) is 19.0 Å². The first-order valence-corrected chi connectivity index (χ1v) is 25.7. The molecule has 7 rings (SSSR count). The zero-order chi connectivity index (χ0) is 50.7. The fraction of sp³-hybridized carbons (Fsp3) is 0.500. The van der Waals surface area contributed by atoms with Crippen LogP contribution in [0.1, 0.15) is 129 Å². The minimum atomic E-state index is -1.49. The van der Waals surface area contributed by atoms with Gasteiger partial charge in [0.25, 0.3) is 0 Å². The van der Waals surface area contributed by atoms with Crippen LogP contribution in [0, 0.1) is 11.8 Å². The summed E-state index contributed by atoms with van der Waals surface area (Å²) in [5.74, 6) is -0.423. The number of hydrogen-bond acceptors (Lipinski definition) is 14. The van der Waals surface area contributed by atoms with E-state index in [1.807, 2.05) is 36.4 Å². The molecule has 14 nitrogen and oxygen atoms in total. The topological polar surface area (TPSA) is 202 Å². The smallest absolute Gasteiger partial charge is 0.343 e. The number of alkyl halides is 1. The van der Waals surface area contributed by atoms with Crippen LogP contribution in [0.4, 0.5) is 22.7 Å². The van der Waals surface area contributed by atoms with Crippen LogP contribution in [0.3, 0.4) is 0 Å². The van der Waals surface area contributed by atoms with Gasteiger partial charge < -0.3 is 31.3 Å². The maximum atomic E-state index is 11.5. The molecule has 5 aromatic carbocycles. The summed E-state index contributed by atoms with van der Waals surface area (Å²) in [6.07, 6.45) is 11.6. The minimum Gasteiger partial charge on any atom is -0.507 e. The third-order valence-electron chi connectivity index (χ3n) is 13.3. The Bertz CT molecular complexity index is 2650. The van der Waals surface area contributed by atoms with Gasteiger partial charge in [0.15, 0.2) is 5.75 Å². The van der Waals surface area contributed by atoms with E-state index in [-0.39, 0.29) is 16.8 Å². The summed E-state index contributed by atoms with van der Waals surface area (Å²) >= 11 is 6.57.